The number of amidine groups is 1. The number of ether oxygens (including phenoxy) is 2. The van der Waals surface area contributed by atoms with Crippen LogP contribution in [0.3, 0.4) is 0 Å². The molecule has 3 heterocycles. The van der Waals surface area contributed by atoms with Gasteiger partial charge in [0.2, 0.25) is 5.91 Å². The molecule has 1 fully saturated rings. The van der Waals surface area contributed by atoms with Gasteiger partial charge in [-0.25, -0.2) is 9.79 Å². The molecule has 2 atom stereocenters. The third-order valence-corrected chi connectivity index (χ3v) is 7.35. The summed E-state index contributed by atoms with van der Waals surface area (Å²) in [5, 5.41) is 2.66. The fourth-order valence-corrected chi connectivity index (χ4v) is 5.80. The number of amides is 1. The van der Waals surface area contributed by atoms with E-state index >= 15 is 0 Å². The highest BCUT2D eigenvalue weighted by Crippen LogP contribution is 2.45. The maximum Gasteiger partial charge on any atom is 0.338 e. The third-order valence-electron chi connectivity index (χ3n) is 6.46. The van der Waals surface area contributed by atoms with Crippen molar-refractivity contribution in [1.29, 1.82) is 0 Å². The van der Waals surface area contributed by atoms with Crippen molar-refractivity contribution in [1.82, 2.24) is 9.80 Å². The van der Waals surface area contributed by atoms with Gasteiger partial charge in [-0.3, -0.25) is 9.59 Å². The molecule has 1 saturated heterocycles. The SMILES string of the molecule is CCOC(=O)[C@H]1CCCN(C(=O)CC2=CSC3=NC(C)=C(C(=O)OC(C)(C)C)[C@@H](c4ccccc4)N23)C1. The van der Waals surface area contributed by atoms with Gasteiger partial charge in [-0.05, 0) is 58.4 Å². The molecule has 0 unspecified atom stereocenters. The molecule has 0 spiro atoms. The van der Waals surface area contributed by atoms with Crippen LogP contribution in [-0.4, -0.2) is 58.1 Å². The average molecular weight is 526 g/mol. The van der Waals surface area contributed by atoms with Crippen LogP contribution in [0.15, 0.2) is 57.7 Å². The van der Waals surface area contributed by atoms with E-state index in [9.17, 15) is 14.4 Å². The second kappa shape index (κ2) is 11.1. The summed E-state index contributed by atoms with van der Waals surface area (Å²) in [5.41, 5.74) is 2.10. The van der Waals surface area contributed by atoms with E-state index in [2.05, 4.69) is 0 Å². The first-order valence-corrected chi connectivity index (χ1v) is 13.6. The Morgan fingerprint density at radius 1 is 1.16 bits per heavy atom. The second-order valence-electron chi connectivity index (χ2n) is 10.4. The lowest BCUT2D eigenvalue weighted by Crippen LogP contribution is -2.44. The molecule has 0 aromatic heterocycles. The van der Waals surface area contributed by atoms with Crippen LogP contribution in [0.5, 0.6) is 0 Å². The van der Waals surface area contributed by atoms with E-state index < -0.39 is 17.6 Å². The molecule has 0 saturated carbocycles. The Balaban J connectivity index is 1.60. The molecule has 198 valence electrons. The number of hydrogen-bond donors (Lipinski definition) is 0. The van der Waals surface area contributed by atoms with Crippen LogP contribution in [0, 0.1) is 5.92 Å². The van der Waals surface area contributed by atoms with Gasteiger partial charge in [0.25, 0.3) is 0 Å². The monoisotopic (exact) mass is 525 g/mol. The van der Waals surface area contributed by atoms with Gasteiger partial charge in [-0.1, -0.05) is 42.1 Å². The fraction of sp³-hybridized carbons (Fsp3) is 0.500. The first-order chi connectivity index (χ1) is 17.6. The van der Waals surface area contributed by atoms with E-state index in [0.717, 1.165) is 29.3 Å². The number of aliphatic imine (C=N–C) groups is 1. The molecular formula is C28H35N3O5S. The Labute approximate surface area is 222 Å². The maximum absolute atomic E-state index is 13.4. The number of allylic oxidation sites excluding steroid dienone is 1. The number of likely N-dealkylation sites (tertiary alicyclic amines) is 1. The lowest BCUT2D eigenvalue weighted by molar-refractivity contribution is -0.152. The summed E-state index contributed by atoms with van der Waals surface area (Å²) in [6.45, 7) is 10.4. The molecule has 0 bridgehead atoms. The predicted octanol–water partition coefficient (Wildman–Crippen LogP) is 4.80. The van der Waals surface area contributed by atoms with Gasteiger partial charge in [-0.2, -0.15) is 0 Å². The molecule has 1 aromatic rings. The Bertz CT molecular complexity index is 1150. The number of benzene rings is 1. The fourth-order valence-electron chi connectivity index (χ4n) is 4.84. The van der Waals surface area contributed by atoms with Crippen molar-refractivity contribution < 1.29 is 23.9 Å². The Hall–Kier alpha value is -3.07. The van der Waals surface area contributed by atoms with E-state index in [1.54, 1.807) is 11.8 Å². The van der Waals surface area contributed by atoms with Gasteiger partial charge in [0.05, 0.1) is 36.3 Å². The topological polar surface area (TPSA) is 88.5 Å². The zero-order chi connectivity index (χ0) is 26.7. The molecule has 37 heavy (non-hydrogen) atoms. The van der Waals surface area contributed by atoms with E-state index in [0.29, 0.717) is 31.0 Å². The Morgan fingerprint density at radius 2 is 1.89 bits per heavy atom. The number of rotatable bonds is 6. The van der Waals surface area contributed by atoms with E-state index in [-0.39, 0.29) is 24.2 Å². The van der Waals surface area contributed by atoms with Gasteiger partial charge in [0, 0.05) is 18.8 Å². The first-order valence-electron chi connectivity index (χ1n) is 12.8. The highest BCUT2D eigenvalue weighted by Gasteiger charge is 2.42. The first kappa shape index (κ1) is 27.0. The number of piperidine rings is 1. The third kappa shape index (κ3) is 6.09. The smallest absolute Gasteiger partial charge is 0.338 e. The van der Waals surface area contributed by atoms with Crippen molar-refractivity contribution in [3.63, 3.8) is 0 Å². The highest BCUT2D eigenvalue weighted by atomic mass is 32.2. The van der Waals surface area contributed by atoms with Crippen molar-refractivity contribution in [3.8, 4) is 0 Å². The van der Waals surface area contributed by atoms with Gasteiger partial charge >= 0.3 is 11.9 Å². The number of thioether (sulfide) groups is 1. The van der Waals surface area contributed by atoms with Crippen LogP contribution in [0.4, 0.5) is 0 Å². The molecule has 4 rings (SSSR count). The van der Waals surface area contributed by atoms with Crippen LogP contribution >= 0.6 is 11.8 Å². The molecule has 1 aromatic carbocycles. The van der Waals surface area contributed by atoms with E-state index in [4.69, 9.17) is 14.5 Å². The van der Waals surface area contributed by atoms with Gasteiger partial charge in [0.15, 0.2) is 5.17 Å². The zero-order valence-electron chi connectivity index (χ0n) is 22.2. The average Bonchev–Trinajstić information content (AvgIpc) is 3.24. The summed E-state index contributed by atoms with van der Waals surface area (Å²) in [7, 11) is 0. The van der Waals surface area contributed by atoms with Crippen molar-refractivity contribution in [2.45, 2.75) is 65.5 Å². The molecular weight excluding hydrogens is 490 g/mol. The van der Waals surface area contributed by atoms with Crippen molar-refractivity contribution in [3.05, 3.63) is 58.3 Å². The van der Waals surface area contributed by atoms with Crippen molar-refractivity contribution in [2.75, 3.05) is 19.7 Å². The summed E-state index contributed by atoms with van der Waals surface area (Å²) in [4.78, 5) is 47.6. The van der Waals surface area contributed by atoms with Crippen LogP contribution in [0.25, 0.3) is 0 Å². The lowest BCUT2D eigenvalue weighted by Gasteiger charge is -2.38. The summed E-state index contributed by atoms with van der Waals surface area (Å²) in [6.07, 6.45) is 1.63. The summed E-state index contributed by atoms with van der Waals surface area (Å²) < 4.78 is 11.0. The van der Waals surface area contributed by atoms with Crippen LogP contribution in [-0.2, 0) is 23.9 Å². The number of hydrogen-bond acceptors (Lipinski definition) is 8. The molecule has 9 heteroatoms. The lowest BCUT2D eigenvalue weighted by atomic mass is 9.93. The number of carbonyl (C=O) groups excluding carboxylic acids is 3. The Kier molecular flexibility index (Phi) is 8.11. The molecule has 0 aliphatic carbocycles. The zero-order valence-corrected chi connectivity index (χ0v) is 23.0. The number of nitrogens with zero attached hydrogens (tertiary/aromatic N) is 3. The molecule has 3 aliphatic rings. The van der Waals surface area contributed by atoms with Crippen LogP contribution in [0.1, 0.15) is 65.5 Å². The quantitative estimate of drug-likeness (QED) is 0.493. The number of fused-ring (bicyclic) bond motifs is 1. The number of esters is 2. The maximum atomic E-state index is 13.4. The normalized spacial score (nSPS) is 21.8. The molecule has 3 aliphatic heterocycles. The van der Waals surface area contributed by atoms with Crippen molar-refractivity contribution in [2.24, 2.45) is 10.9 Å². The summed E-state index contributed by atoms with van der Waals surface area (Å²) >= 11 is 1.45. The van der Waals surface area contributed by atoms with Gasteiger partial charge in [0.1, 0.15) is 5.60 Å². The largest absolute Gasteiger partial charge is 0.466 e. The predicted molar refractivity (Wildman–Crippen MR) is 143 cm³/mol. The Morgan fingerprint density at radius 3 is 2.57 bits per heavy atom. The summed E-state index contributed by atoms with van der Waals surface area (Å²) in [6, 6.07) is 9.28. The standard InChI is InChI=1S/C28H35N3O5S/c1-6-35-25(33)20-13-10-14-30(16-20)22(32)15-21-17-37-27-29-18(2)23(26(34)36-28(3,4)5)24(31(21)27)19-11-8-7-9-12-19/h7-9,11-12,17,20,24H,6,10,13-16H2,1-5H3/t20-,24+/m0/s1. The number of carbonyl (C=O) groups is 3. The van der Waals surface area contributed by atoms with Gasteiger partial charge < -0.3 is 19.3 Å². The minimum Gasteiger partial charge on any atom is -0.466 e. The molecule has 1 amide bonds. The van der Waals surface area contributed by atoms with Crippen LogP contribution in [0.2, 0.25) is 0 Å². The second-order valence-corrected chi connectivity index (χ2v) is 11.2. The molecule has 0 radical (unpaired) electrons. The summed E-state index contributed by atoms with van der Waals surface area (Å²) in [5.74, 6) is -1.01. The minimum atomic E-state index is -0.659. The van der Waals surface area contributed by atoms with Crippen molar-refractivity contribution >= 4 is 34.8 Å². The van der Waals surface area contributed by atoms with Crippen LogP contribution < -0.4 is 0 Å². The highest BCUT2D eigenvalue weighted by molar-refractivity contribution is 8.16. The van der Waals surface area contributed by atoms with E-state index in [1.165, 1.54) is 11.8 Å². The van der Waals surface area contributed by atoms with E-state index in [1.807, 2.05) is 68.3 Å². The minimum absolute atomic E-state index is 0.0565. The molecule has 8 nitrogen and oxygen atoms in total. The van der Waals surface area contributed by atoms with Gasteiger partial charge in [-0.15, -0.1) is 0 Å². The molecule has 0 N–H and O–H groups in total.